The van der Waals surface area contributed by atoms with Crippen molar-refractivity contribution in [1.82, 2.24) is 0 Å². The number of ether oxygens (including phenoxy) is 1. The summed E-state index contributed by atoms with van der Waals surface area (Å²) in [6.45, 7) is 5.65. The number of hydrogen-bond acceptors (Lipinski definition) is 3. The van der Waals surface area contributed by atoms with Crippen LogP contribution in [0.15, 0.2) is 48.5 Å². The lowest BCUT2D eigenvalue weighted by molar-refractivity contribution is -0.124. The quantitative estimate of drug-likeness (QED) is 0.774. The predicted molar refractivity (Wildman–Crippen MR) is 98.2 cm³/mol. The van der Waals surface area contributed by atoms with E-state index in [4.69, 9.17) is 4.74 Å². The number of carbonyl (C=O) groups is 2. The number of benzene rings is 2. The van der Waals surface area contributed by atoms with Crippen LogP contribution in [0.2, 0.25) is 0 Å². The number of fused-ring (bicyclic) bond motifs is 1. The Bertz CT molecular complexity index is 782. The van der Waals surface area contributed by atoms with Crippen LogP contribution in [-0.4, -0.2) is 23.8 Å². The maximum atomic E-state index is 12.9. The molecular weight excluding hydrogens is 314 g/mol. The van der Waals surface area contributed by atoms with Crippen molar-refractivity contribution in [1.29, 1.82) is 0 Å². The van der Waals surface area contributed by atoms with E-state index in [1.54, 1.807) is 31.2 Å². The molecule has 0 saturated heterocycles. The van der Waals surface area contributed by atoms with Crippen molar-refractivity contribution >= 4 is 17.4 Å². The second-order valence-corrected chi connectivity index (χ2v) is 6.45. The van der Waals surface area contributed by atoms with Crippen molar-refractivity contribution in [3.63, 3.8) is 0 Å². The summed E-state index contributed by atoms with van der Waals surface area (Å²) in [6.07, 6.45) is 0.741. The van der Waals surface area contributed by atoms with Gasteiger partial charge in [-0.3, -0.25) is 9.59 Å². The van der Waals surface area contributed by atoms with Crippen molar-refractivity contribution in [2.45, 2.75) is 45.8 Å². The van der Waals surface area contributed by atoms with Gasteiger partial charge in [-0.15, -0.1) is 0 Å². The topological polar surface area (TPSA) is 46.6 Å². The molecule has 1 aliphatic heterocycles. The maximum absolute atomic E-state index is 12.9. The number of para-hydroxylation sites is 1. The molecule has 0 bridgehead atoms. The van der Waals surface area contributed by atoms with E-state index in [0.717, 1.165) is 12.1 Å². The fourth-order valence-corrected chi connectivity index (χ4v) is 3.28. The molecule has 2 aromatic rings. The first kappa shape index (κ1) is 17.2. The van der Waals surface area contributed by atoms with E-state index >= 15 is 0 Å². The molecule has 2 atom stereocenters. The number of anilines is 1. The summed E-state index contributed by atoms with van der Waals surface area (Å²) in [5.41, 5.74) is 2.83. The van der Waals surface area contributed by atoms with E-state index in [0.29, 0.717) is 17.7 Å². The van der Waals surface area contributed by atoms with Crippen LogP contribution in [0.5, 0.6) is 5.75 Å². The number of Topliss-reactive ketones (excluding diaryl/α,β-unsaturated/α-hetero) is 1. The number of ketones is 1. The minimum absolute atomic E-state index is 0.0499. The molecule has 130 valence electrons. The van der Waals surface area contributed by atoms with E-state index in [1.165, 1.54) is 5.56 Å². The van der Waals surface area contributed by atoms with Gasteiger partial charge in [-0.05, 0) is 56.2 Å². The monoisotopic (exact) mass is 337 g/mol. The van der Waals surface area contributed by atoms with Gasteiger partial charge in [0.2, 0.25) is 0 Å². The lowest BCUT2D eigenvalue weighted by atomic mass is 10.1. The zero-order chi connectivity index (χ0) is 18.0. The van der Waals surface area contributed by atoms with E-state index in [-0.39, 0.29) is 17.7 Å². The van der Waals surface area contributed by atoms with E-state index in [1.807, 2.05) is 30.0 Å². The Morgan fingerprint density at radius 1 is 1.16 bits per heavy atom. The van der Waals surface area contributed by atoms with Gasteiger partial charge in [-0.2, -0.15) is 0 Å². The normalized spacial score (nSPS) is 17.1. The summed E-state index contributed by atoms with van der Waals surface area (Å²) in [7, 11) is 0. The third-order valence-electron chi connectivity index (χ3n) is 4.60. The minimum atomic E-state index is -0.596. The van der Waals surface area contributed by atoms with Gasteiger partial charge in [0.15, 0.2) is 11.9 Å². The molecule has 4 heteroatoms. The lowest BCUT2D eigenvalue weighted by Gasteiger charge is -2.26. The Morgan fingerprint density at radius 3 is 2.52 bits per heavy atom. The van der Waals surface area contributed by atoms with Crippen LogP contribution in [-0.2, 0) is 11.2 Å². The van der Waals surface area contributed by atoms with Gasteiger partial charge in [0.25, 0.3) is 5.91 Å². The van der Waals surface area contributed by atoms with Crippen molar-refractivity contribution in [2.24, 2.45) is 0 Å². The fourth-order valence-electron chi connectivity index (χ4n) is 3.28. The SMILES string of the molecule is CCC(=O)c1ccc(O[C@H](C)C(=O)N2c3ccccc3C[C@H]2C)cc1. The molecule has 1 heterocycles. The molecule has 0 saturated carbocycles. The van der Waals surface area contributed by atoms with Gasteiger partial charge >= 0.3 is 0 Å². The van der Waals surface area contributed by atoms with Crippen LogP contribution in [0, 0.1) is 0 Å². The summed E-state index contributed by atoms with van der Waals surface area (Å²) in [5.74, 6) is 0.637. The maximum Gasteiger partial charge on any atom is 0.268 e. The van der Waals surface area contributed by atoms with E-state index in [2.05, 4.69) is 13.0 Å². The third-order valence-corrected chi connectivity index (χ3v) is 4.60. The standard InChI is InChI=1S/C21H23NO3/c1-4-20(23)16-9-11-18(12-10-16)25-15(3)21(24)22-14(2)13-17-7-5-6-8-19(17)22/h5-12,14-15H,4,13H2,1-3H3/t14-,15-/m1/s1. The molecule has 1 amide bonds. The first-order valence-electron chi connectivity index (χ1n) is 8.72. The Labute approximate surface area is 148 Å². The van der Waals surface area contributed by atoms with Gasteiger partial charge in [0.05, 0.1) is 0 Å². The highest BCUT2D eigenvalue weighted by Crippen LogP contribution is 2.32. The molecule has 0 fully saturated rings. The average molecular weight is 337 g/mol. The first-order chi connectivity index (χ1) is 12.0. The second-order valence-electron chi connectivity index (χ2n) is 6.45. The molecule has 4 nitrogen and oxygen atoms in total. The summed E-state index contributed by atoms with van der Waals surface area (Å²) in [4.78, 5) is 26.4. The van der Waals surface area contributed by atoms with Crippen LogP contribution >= 0.6 is 0 Å². The largest absolute Gasteiger partial charge is 0.481 e. The van der Waals surface area contributed by atoms with Gasteiger partial charge in [-0.1, -0.05) is 25.1 Å². The summed E-state index contributed by atoms with van der Waals surface area (Å²) in [5, 5.41) is 0. The second kappa shape index (κ2) is 7.09. The van der Waals surface area contributed by atoms with Gasteiger partial charge in [0, 0.05) is 23.7 Å². The van der Waals surface area contributed by atoms with Crippen molar-refractivity contribution in [2.75, 3.05) is 4.90 Å². The predicted octanol–water partition coefficient (Wildman–Crippen LogP) is 4.02. The van der Waals surface area contributed by atoms with Crippen LogP contribution in [0.1, 0.15) is 43.1 Å². The number of nitrogens with zero attached hydrogens (tertiary/aromatic N) is 1. The van der Waals surface area contributed by atoms with Crippen molar-refractivity contribution in [3.05, 3.63) is 59.7 Å². The Morgan fingerprint density at radius 2 is 1.84 bits per heavy atom. The zero-order valence-corrected chi connectivity index (χ0v) is 14.9. The van der Waals surface area contributed by atoms with Crippen LogP contribution in [0.3, 0.4) is 0 Å². The molecule has 0 radical (unpaired) electrons. The molecule has 3 rings (SSSR count). The highest BCUT2D eigenvalue weighted by atomic mass is 16.5. The van der Waals surface area contributed by atoms with Gasteiger partial charge in [-0.25, -0.2) is 0 Å². The zero-order valence-electron chi connectivity index (χ0n) is 14.9. The fraction of sp³-hybridized carbons (Fsp3) is 0.333. The average Bonchev–Trinajstić information content (AvgIpc) is 2.96. The number of hydrogen-bond donors (Lipinski definition) is 0. The molecule has 0 N–H and O–H groups in total. The van der Waals surface area contributed by atoms with Gasteiger partial charge < -0.3 is 9.64 Å². The summed E-state index contributed by atoms with van der Waals surface area (Å²) >= 11 is 0. The number of carbonyl (C=O) groups excluding carboxylic acids is 2. The summed E-state index contributed by atoms with van der Waals surface area (Å²) in [6, 6.07) is 15.1. The molecule has 0 aromatic heterocycles. The molecule has 0 aliphatic carbocycles. The molecule has 25 heavy (non-hydrogen) atoms. The third kappa shape index (κ3) is 3.43. The number of rotatable bonds is 5. The number of amides is 1. The minimum Gasteiger partial charge on any atom is -0.481 e. The van der Waals surface area contributed by atoms with Gasteiger partial charge in [0.1, 0.15) is 5.75 Å². The first-order valence-corrected chi connectivity index (χ1v) is 8.72. The van der Waals surface area contributed by atoms with Crippen molar-refractivity contribution in [3.8, 4) is 5.75 Å². The lowest BCUT2D eigenvalue weighted by Crippen LogP contribution is -2.43. The van der Waals surface area contributed by atoms with E-state index < -0.39 is 6.10 Å². The molecule has 0 spiro atoms. The highest BCUT2D eigenvalue weighted by molar-refractivity contribution is 5.99. The molecule has 0 unspecified atom stereocenters. The van der Waals surface area contributed by atoms with Crippen LogP contribution < -0.4 is 9.64 Å². The Kier molecular flexibility index (Phi) is 4.88. The summed E-state index contributed by atoms with van der Waals surface area (Å²) < 4.78 is 5.82. The Hall–Kier alpha value is -2.62. The highest BCUT2D eigenvalue weighted by Gasteiger charge is 2.33. The molecule has 1 aliphatic rings. The van der Waals surface area contributed by atoms with E-state index in [9.17, 15) is 9.59 Å². The van der Waals surface area contributed by atoms with Crippen LogP contribution in [0.4, 0.5) is 5.69 Å². The van der Waals surface area contributed by atoms with Crippen molar-refractivity contribution < 1.29 is 14.3 Å². The smallest absolute Gasteiger partial charge is 0.268 e. The molecular formula is C21H23NO3. The van der Waals surface area contributed by atoms with Crippen LogP contribution in [0.25, 0.3) is 0 Å². The molecule has 2 aromatic carbocycles. The Balaban J connectivity index is 1.72.